The largest absolute Gasteiger partial charge is 0.466 e. The van der Waals surface area contributed by atoms with E-state index >= 15 is 0 Å². The van der Waals surface area contributed by atoms with Crippen LogP contribution in [0.4, 0.5) is 5.69 Å². The van der Waals surface area contributed by atoms with Gasteiger partial charge in [0.2, 0.25) is 11.8 Å². The molecular formula is C15H15ClN2O4. The van der Waals surface area contributed by atoms with E-state index in [1.165, 1.54) is 7.11 Å². The normalized spacial score (nSPS) is 17.8. The van der Waals surface area contributed by atoms with E-state index < -0.39 is 17.8 Å². The molecule has 0 bridgehead atoms. The highest BCUT2D eigenvalue weighted by Crippen LogP contribution is 2.26. The second-order valence-corrected chi connectivity index (χ2v) is 5.27. The molecule has 0 aliphatic carbocycles. The summed E-state index contributed by atoms with van der Waals surface area (Å²) in [5.74, 6) is -2.29. The Morgan fingerprint density at radius 2 is 1.95 bits per heavy atom. The van der Waals surface area contributed by atoms with E-state index in [4.69, 9.17) is 16.3 Å². The topological polar surface area (TPSA) is 84.5 Å². The van der Waals surface area contributed by atoms with Crippen LogP contribution in [0.3, 0.4) is 0 Å². The van der Waals surface area contributed by atoms with Gasteiger partial charge in [0.05, 0.1) is 18.6 Å². The highest BCUT2D eigenvalue weighted by Gasteiger charge is 2.36. The Hall–Kier alpha value is -2.34. The molecule has 0 fully saturated rings. The molecule has 1 aromatic carbocycles. The minimum absolute atomic E-state index is 0.110. The molecule has 0 saturated carbocycles. The molecule has 6 nitrogen and oxygen atoms in total. The average Bonchev–Trinajstić information content (AvgIpc) is 2.48. The zero-order valence-electron chi connectivity index (χ0n) is 12.1. The molecule has 1 aliphatic rings. The van der Waals surface area contributed by atoms with Crippen LogP contribution in [0.15, 0.2) is 35.5 Å². The number of benzene rings is 1. The van der Waals surface area contributed by atoms with E-state index in [1.54, 1.807) is 31.2 Å². The van der Waals surface area contributed by atoms with Gasteiger partial charge in [0.1, 0.15) is 0 Å². The number of amides is 2. The monoisotopic (exact) mass is 322 g/mol. The first-order valence-electron chi connectivity index (χ1n) is 6.57. The van der Waals surface area contributed by atoms with Crippen molar-refractivity contribution >= 4 is 35.1 Å². The standard InChI is InChI=1S/C15H15ClN2O4/c1-8-13(15(21)22-2)11(7-12(19)17-8)14(20)18-10-5-3-9(16)4-6-10/h3-6,11H,7H2,1-2H3,(H,17,19)(H,18,20)/t11-/m0/s1. The Kier molecular flexibility index (Phi) is 4.82. The Morgan fingerprint density at radius 3 is 2.55 bits per heavy atom. The molecule has 116 valence electrons. The predicted molar refractivity (Wildman–Crippen MR) is 81.0 cm³/mol. The van der Waals surface area contributed by atoms with E-state index in [0.29, 0.717) is 16.4 Å². The third-order valence-electron chi connectivity index (χ3n) is 3.30. The van der Waals surface area contributed by atoms with Gasteiger partial charge < -0.3 is 15.4 Å². The summed E-state index contributed by atoms with van der Waals surface area (Å²) in [6.07, 6.45) is -0.110. The van der Waals surface area contributed by atoms with Gasteiger partial charge in [-0.15, -0.1) is 0 Å². The molecule has 22 heavy (non-hydrogen) atoms. The number of esters is 1. The van der Waals surface area contributed by atoms with Gasteiger partial charge in [0, 0.05) is 22.8 Å². The third kappa shape index (κ3) is 3.46. The van der Waals surface area contributed by atoms with Crippen LogP contribution in [0.25, 0.3) is 0 Å². The van der Waals surface area contributed by atoms with Gasteiger partial charge in [-0.3, -0.25) is 9.59 Å². The number of nitrogens with one attached hydrogen (secondary N) is 2. The van der Waals surface area contributed by atoms with Crippen molar-refractivity contribution in [1.29, 1.82) is 0 Å². The van der Waals surface area contributed by atoms with Crippen LogP contribution in [-0.4, -0.2) is 24.9 Å². The molecule has 0 unspecified atom stereocenters. The highest BCUT2D eigenvalue weighted by atomic mass is 35.5. The number of ether oxygens (including phenoxy) is 1. The van der Waals surface area contributed by atoms with E-state index in [0.717, 1.165) is 0 Å². The van der Waals surface area contributed by atoms with E-state index in [1.807, 2.05) is 0 Å². The molecule has 0 radical (unpaired) electrons. The summed E-state index contributed by atoms with van der Waals surface area (Å²) in [6, 6.07) is 6.54. The number of rotatable bonds is 3. The van der Waals surface area contributed by atoms with Crippen LogP contribution in [0.2, 0.25) is 5.02 Å². The van der Waals surface area contributed by atoms with Crippen molar-refractivity contribution in [3.05, 3.63) is 40.6 Å². The number of carbonyl (C=O) groups is 3. The first kappa shape index (κ1) is 16.0. The lowest BCUT2D eigenvalue weighted by Gasteiger charge is -2.25. The quantitative estimate of drug-likeness (QED) is 0.832. The summed E-state index contributed by atoms with van der Waals surface area (Å²) in [5, 5.41) is 5.76. The van der Waals surface area contributed by atoms with Gasteiger partial charge in [-0.1, -0.05) is 11.6 Å². The molecule has 1 aliphatic heterocycles. The fourth-order valence-corrected chi connectivity index (χ4v) is 2.39. The van der Waals surface area contributed by atoms with Crippen molar-refractivity contribution in [2.75, 3.05) is 12.4 Å². The molecule has 0 saturated heterocycles. The zero-order chi connectivity index (χ0) is 16.3. The van der Waals surface area contributed by atoms with Crippen LogP contribution in [-0.2, 0) is 19.1 Å². The van der Waals surface area contributed by atoms with Crippen molar-refractivity contribution in [3.8, 4) is 0 Å². The van der Waals surface area contributed by atoms with Crippen molar-refractivity contribution in [3.63, 3.8) is 0 Å². The summed E-state index contributed by atoms with van der Waals surface area (Å²) < 4.78 is 4.70. The SMILES string of the molecule is COC(=O)C1=C(C)NC(=O)C[C@@H]1C(=O)Nc1ccc(Cl)cc1. The average molecular weight is 323 g/mol. The van der Waals surface area contributed by atoms with Gasteiger partial charge >= 0.3 is 5.97 Å². The van der Waals surface area contributed by atoms with Crippen molar-refractivity contribution in [1.82, 2.24) is 5.32 Å². The van der Waals surface area contributed by atoms with Crippen LogP contribution in [0.1, 0.15) is 13.3 Å². The van der Waals surface area contributed by atoms with E-state index in [2.05, 4.69) is 10.6 Å². The van der Waals surface area contributed by atoms with Crippen LogP contribution >= 0.6 is 11.6 Å². The van der Waals surface area contributed by atoms with Gasteiger partial charge in [0.15, 0.2) is 0 Å². The van der Waals surface area contributed by atoms with Crippen LogP contribution in [0, 0.1) is 5.92 Å². The molecule has 2 amide bonds. The Balaban J connectivity index is 2.25. The summed E-state index contributed by atoms with van der Waals surface area (Å²) in [5.41, 5.74) is 1.02. The molecular weight excluding hydrogens is 308 g/mol. The molecule has 1 aromatic rings. The fraction of sp³-hybridized carbons (Fsp3) is 0.267. The van der Waals surface area contributed by atoms with Crippen LogP contribution in [0.5, 0.6) is 0 Å². The van der Waals surface area contributed by atoms with Gasteiger partial charge in [-0.2, -0.15) is 0 Å². The number of halogens is 1. The Labute approximate surface area is 132 Å². The molecule has 0 aromatic heterocycles. The maximum absolute atomic E-state index is 12.4. The Bertz CT molecular complexity index is 652. The van der Waals surface area contributed by atoms with Gasteiger partial charge in [-0.25, -0.2) is 4.79 Å². The van der Waals surface area contributed by atoms with E-state index in [-0.39, 0.29) is 17.9 Å². The molecule has 7 heteroatoms. The summed E-state index contributed by atoms with van der Waals surface area (Å²) in [6.45, 7) is 1.56. The second-order valence-electron chi connectivity index (χ2n) is 4.83. The van der Waals surface area contributed by atoms with Crippen molar-refractivity contribution in [2.24, 2.45) is 5.92 Å². The van der Waals surface area contributed by atoms with E-state index in [9.17, 15) is 14.4 Å². The highest BCUT2D eigenvalue weighted by molar-refractivity contribution is 6.30. The maximum Gasteiger partial charge on any atom is 0.336 e. The predicted octanol–water partition coefficient (Wildman–Crippen LogP) is 1.86. The van der Waals surface area contributed by atoms with Gasteiger partial charge in [0.25, 0.3) is 0 Å². The number of anilines is 1. The smallest absolute Gasteiger partial charge is 0.336 e. The Morgan fingerprint density at radius 1 is 1.32 bits per heavy atom. The minimum atomic E-state index is -0.892. The number of hydrogen-bond donors (Lipinski definition) is 2. The lowest BCUT2D eigenvalue weighted by atomic mass is 9.89. The molecule has 1 heterocycles. The number of methoxy groups -OCH3 is 1. The van der Waals surface area contributed by atoms with Crippen molar-refractivity contribution in [2.45, 2.75) is 13.3 Å². The van der Waals surface area contributed by atoms with Crippen LogP contribution < -0.4 is 10.6 Å². The lowest BCUT2D eigenvalue weighted by molar-refractivity contribution is -0.139. The summed E-state index contributed by atoms with van der Waals surface area (Å²) in [4.78, 5) is 35.9. The second kappa shape index (κ2) is 6.62. The molecule has 2 rings (SSSR count). The summed E-state index contributed by atoms with van der Waals surface area (Å²) in [7, 11) is 1.23. The lowest BCUT2D eigenvalue weighted by Crippen LogP contribution is -2.40. The first-order valence-corrected chi connectivity index (χ1v) is 6.95. The summed E-state index contributed by atoms with van der Waals surface area (Å²) >= 11 is 5.78. The zero-order valence-corrected chi connectivity index (χ0v) is 12.9. The minimum Gasteiger partial charge on any atom is -0.466 e. The number of hydrogen-bond acceptors (Lipinski definition) is 4. The molecule has 1 atom stereocenters. The van der Waals surface area contributed by atoms with Crippen molar-refractivity contribution < 1.29 is 19.1 Å². The number of carbonyl (C=O) groups excluding carboxylic acids is 3. The van der Waals surface area contributed by atoms with Gasteiger partial charge in [-0.05, 0) is 31.2 Å². The third-order valence-corrected chi connectivity index (χ3v) is 3.55. The number of allylic oxidation sites excluding steroid dienone is 1. The fourth-order valence-electron chi connectivity index (χ4n) is 2.27. The maximum atomic E-state index is 12.4. The molecule has 2 N–H and O–H groups in total. The molecule has 0 spiro atoms. The first-order chi connectivity index (χ1) is 10.4.